The van der Waals surface area contributed by atoms with Crippen LogP contribution in [0.1, 0.15) is 50.3 Å². The highest BCUT2D eigenvalue weighted by atomic mass is 35.5. The zero-order chi connectivity index (χ0) is 30.3. The number of nitrogens with zero attached hydrogens (tertiary/aromatic N) is 2. The highest BCUT2D eigenvalue weighted by Gasteiger charge is 2.34. The van der Waals surface area contributed by atoms with E-state index in [1.807, 2.05) is 27.7 Å². The van der Waals surface area contributed by atoms with Gasteiger partial charge in [0.1, 0.15) is 18.4 Å². The number of nitrogens with one attached hydrogen (secondary N) is 1. The first kappa shape index (κ1) is 32.1. The average molecular weight is 602 g/mol. The van der Waals surface area contributed by atoms with Crippen LogP contribution in [0.15, 0.2) is 71.6 Å². The lowest BCUT2D eigenvalue weighted by atomic mass is 10.1. The first-order chi connectivity index (χ1) is 19.4. The first-order valence-corrected chi connectivity index (χ1v) is 15.4. The Labute approximate surface area is 247 Å². The summed E-state index contributed by atoms with van der Waals surface area (Å²) in [5.41, 5.74) is 2.74. The van der Waals surface area contributed by atoms with E-state index in [0.717, 1.165) is 15.4 Å². The van der Waals surface area contributed by atoms with Gasteiger partial charge in [0, 0.05) is 17.6 Å². The van der Waals surface area contributed by atoms with Gasteiger partial charge in [-0.15, -0.1) is 0 Å². The van der Waals surface area contributed by atoms with Crippen molar-refractivity contribution in [3.05, 3.63) is 94.3 Å². The second-order valence-corrected chi connectivity index (χ2v) is 12.4. The predicted octanol–water partition coefficient (Wildman–Crippen LogP) is 6.01. The quantitative estimate of drug-likeness (QED) is 0.275. The van der Waals surface area contributed by atoms with E-state index in [0.29, 0.717) is 29.1 Å². The molecule has 3 rings (SSSR count). The minimum Gasteiger partial charge on any atom is -0.352 e. The lowest BCUT2D eigenvalue weighted by molar-refractivity contribution is -0.140. The van der Waals surface area contributed by atoms with Gasteiger partial charge in [-0.2, -0.15) is 0 Å². The van der Waals surface area contributed by atoms with E-state index in [9.17, 15) is 22.4 Å². The van der Waals surface area contributed by atoms with Gasteiger partial charge in [-0.05, 0) is 98.8 Å². The van der Waals surface area contributed by atoms with Crippen LogP contribution in [0, 0.1) is 19.7 Å². The Bertz CT molecular complexity index is 1460. The molecule has 0 saturated carbocycles. The van der Waals surface area contributed by atoms with E-state index in [-0.39, 0.29) is 23.4 Å². The Hall–Kier alpha value is -3.43. The molecule has 2 atom stereocenters. The third-order valence-electron chi connectivity index (χ3n) is 7.11. The van der Waals surface area contributed by atoms with Gasteiger partial charge >= 0.3 is 0 Å². The van der Waals surface area contributed by atoms with Crippen molar-refractivity contribution in [2.45, 2.75) is 71.0 Å². The van der Waals surface area contributed by atoms with E-state index in [4.69, 9.17) is 11.6 Å². The summed E-state index contributed by atoms with van der Waals surface area (Å²) in [7, 11) is -4.21. The molecule has 0 fully saturated rings. The summed E-state index contributed by atoms with van der Waals surface area (Å²) in [6.07, 6.45) is 0.997. The molecule has 0 aliphatic heterocycles. The number of carbonyl (C=O) groups is 2. The topological polar surface area (TPSA) is 86.8 Å². The molecule has 0 spiro atoms. The summed E-state index contributed by atoms with van der Waals surface area (Å²) in [6, 6.07) is 15.6. The molecule has 3 aromatic carbocycles. The second-order valence-electron chi connectivity index (χ2n) is 10.1. The minimum absolute atomic E-state index is 0.00664. The number of halogens is 2. The highest BCUT2D eigenvalue weighted by Crippen LogP contribution is 2.27. The molecule has 1 N–H and O–H groups in total. The number of anilines is 1. The number of benzene rings is 3. The van der Waals surface area contributed by atoms with Crippen molar-refractivity contribution in [1.82, 2.24) is 10.2 Å². The van der Waals surface area contributed by atoms with Crippen LogP contribution >= 0.6 is 11.6 Å². The summed E-state index contributed by atoms with van der Waals surface area (Å²) >= 11 is 6.01. The van der Waals surface area contributed by atoms with Crippen molar-refractivity contribution in [3.63, 3.8) is 0 Å². The molecule has 0 unspecified atom stereocenters. The van der Waals surface area contributed by atoms with Crippen LogP contribution in [0.3, 0.4) is 0 Å². The molecule has 41 heavy (non-hydrogen) atoms. The molecule has 0 aliphatic rings. The van der Waals surface area contributed by atoms with E-state index in [2.05, 4.69) is 5.32 Å². The third kappa shape index (κ3) is 8.07. The van der Waals surface area contributed by atoms with E-state index in [1.54, 1.807) is 37.3 Å². The van der Waals surface area contributed by atoms with Crippen LogP contribution in [0.5, 0.6) is 0 Å². The Balaban J connectivity index is 2.08. The van der Waals surface area contributed by atoms with Gasteiger partial charge in [0.05, 0.1) is 10.6 Å². The predicted molar refractivity (Wildman–Crippen MR) is 161 cm³/mol. The standard InChI is InChI=1S/C31H37ClFN3O4S/c1-6-23(5)34-31(38)29(7-2)35(19-24-9-13-26(33)14-10-24)30(37)20-36(27-15-8-21(3)22(4)18-27)41(39,40)28-16-11-25(32)12-17-28/h8-18,23,29H,6-7,19-20H2,1-5H3,(H,34,38)/t23-,29-/m1/s1. The Morgan fingerprint density at radius 1 is 0.927 bits per heavy atom. The smallest absolute Gasteiger partial charge is 0.264 e. The van der Waals surface area contributed by atoms with Gasteiger partial charge in [-0.1, -0.05) is 43.6 Å². The van der Waals surface area contributed by atoms with Crippen LogP contribution in [0.25, 0.3) is 0 Å². The second kappa shape index (κ2) is 14.0. The molecule has 2 amide bonds. The van der Waals surface area contributed by atoms with Crippen molar-refractivity contribution in [2.24, 2.45) is 0 Å². The Morgan fingerprint density at radius 2 is 1.56 bits per heavy atom. The van der Waals surface area contributed by atoms with E-state index < -0.39 is 34.3 Å². The molecule has 0 aliphatic carbocycles. The largest absolute Gasteiger partial charge is 0.352 e. The summed E-state index contributed by atoms with van der Waals surface area (Å²) in [5.74, 6) is -1.34. The number of rotatable bonds is 12. The number of sulfonamides is 1. The van der Waals surface area contributed by atoms with Crippen molar-refractivity contribution >= 4 is 39.1 Å². The molecule has 0 radical (unpaired) electrons. The monoisotopic (exact) mass is 601 g/mol. The van der Waals surface area contributed by atoms with Crippen LogP contribution in [-0.2, 0) is 26.2 Å². The number of hydrogen-bond donors (Lipinski definition) is 1. The molecule has 0 bridgehead atoms. The Kier molecular flexibility index (Phi) is 10.9. The van der Waals surface area contributed by atoms with Gasteiger partial charge in [0.25, 0.3) is 10.0 Å². The maximum absolute atomic E-state index is 14.1. The molecule has 0 aromatic heterocycles. The van der Waals surface area contributed by atoms with Crippen molar-refractivity contribution in [2.75, 3.05) is 10.8 Å². The number of amides is 2. The molecule has 10 heteroatoms. The Morgan fingerprint density at radius 3 is 2.12 bits per heavy atom. The molecular weight excluding hydrogens is 565 g/mol. The van der Waals surface area contributed by atoms with Crippen molar-refractivity contribution in [3.8, 4) is 0 Å². The van der Waals surface area contributed by atoms with Crippen LogP contribution in [0.4, 0.5) is 10.1 Å². The van der Waals surface area contributed by atoms with Crippen molar-refractivity contribution < 1.29 is 22.4 Å². The fourth-order valence-corrected chi connectivity index (χ4v) is 5.82. The lowest BCUT2D eigenvalue weighted by Gasteiger charge is -2.34. The highest BCUT2D eigenvalue weighted by molar-refractivity contribution is 7.92. The van der Waals surface area contributed by atoms with E-state index in [1.165, 1.54) is 41.3 Å². The zero-order valence-electron chi connectivity index (χ0n) is 24.0. The summed E-state index contributed by atoms with van der Waals surface area (Å²) in [5, 5.41) is 3.31. The fourth-order valence-electron chi connectivity index (χ4n) is 4.29. The summed E-state index contributed by atoms with van der Waals surface area (Å²) in [4.78, 5) is 28.7. The van der Waals surface area contributed by atoms with Gasteiger partial charge < -0.3 is 10.2 Å². The summed E-state index contributed by atoms with van der Waals surface area (Å²) in [6.45, 7) is 8.81. The lowest BCUT2D eigenvalue weighted by Crippen LogP contribution is -2.53. The average Bonchev–Trinajstić information content (AvgIpc) is 2.94. The van der Waals surface area contributed by atoms with Gasteiger partial charge in [-0.25, -0.2) is 12.8 Å². The number of carbonyl (C=O) groups excluding carboxylic acids is 2. The van der Waals surface area contributed by atoms with Crippen LogP contribution in [-0.4, -0.2) is 43.8 Å². The molecule has 0 heterocycles. The van der Waals surface area contributed by atoms with Gasteiger partial charge in [0.2, 0.25) is 11.8 Å². The normalized spacial score (nSPS) is 12.9. The molecule has 3 aromatic rings. The maximum Gasteiger partial charge on any atom is 0.264 e. The number of hydrogen-bond acceptors (Lipinski definition) is 4. The van der Waals surface area contributed by atoms with Gasteiger partial charge in [-0.3, -0.25) is 13.9 Å². The first-order valence-electron chi connectivity index (χ1n) is 13.6. The van der Waals surface area contributed by atoms with Crippen LogP contribution < -0.4 is 9.62 Å². The number of aryl methyl sites for hydroxylation is 2. The maximum atomic E-state index is 14.1. The molecule has 220 valence electrons. The van der Waals surface area contributed by atoms with Crippen molar-refractivity contribution in [1.29, 1.82) is 0 Å². The van der Waals surface area contributed by atoms with Crippen LogP contribution in [0.2, 0.25) is 5.02 Å². The zero-order valence-corrected chi connectivity index (χ0v) is 25.6. The minimum atomic E-state index is -4.21. The molecule has 0 saturated heterocycles. The molecule has 7 nitrogen and oxygen atoms in total. The third-order valence-corrected chi connectivity index (χ3v) is 9.15. The van der Waals surface area contributed by atoms with E-state index >= 15 is 0 Å². The van der Waals surface area contributed by atoms with Gasteiger partial charge in [0.15, 0.2) is 0 Å². The fraction of sp³-hybridized carbons (Fsp3) is 0.355. The summed E-state index contributed by atoms with van der Waals surface area (Å²) < 4.78 is 42.6. The molecular formula is C31H37ClFN3O4S. The SMILES string of the molecule is CC[C@@H](C)NC(=O)[C@@H](CC)N(Cc1ccc(F)cc1)C(=O)CN(c1ccc(C)c(C)c1)S(=O)(=O)c1ccc(Cl)cc1.